The van der Waals surface area contributed by atoms with Gasteiger partial charge in [0.15, 0.2) is 0 Å². The number of nitrogens with zero attached hydrogens (tertiary/aromatic N) is 2. The zero-order valence-electron chi connectivity index (χ0n) is 15.6. The van der Waals surface area contributed by atoms with Gasteiger partial charge in [-0.05, 0) is 61.6 Å². The zero-order chi connectivity index (χ0) is 17.5. The van der Waals surface area contributed by atoms with Crippen LogP contribution in [0.25, 0.3) is 0 Å². The number of hydrogen-bond donors (Lipinski definition) is 0. The van der Waals surface area contributed by atoms with Crippen LogP contribution in [0.1, 0.15) is 36.4 Å². The Balaban J connectivity index is 1.46. The zero-order valence-corrected chi connectivity index (χ0v) is 15.6. The number of ether oxygens (including phenoxy) is 1. The van der Waals surface area contributed by atoms with Gasteiger partial charge in [-0.25, -0.2) is 0 Å². The van der Waals surface area contributed by atoms with Crippen LogP contribution in [-0.4, -0.2) is 37.7 Å². The number of likely N-dealkylation sites (tertiary alicyclic amines) is 1. The van der Waals surface area contributed by atoms with Gasteiger partial charge < -0.3 is 9.64 Å². The molecule has 5 rings (SSSR count). The molecule has 2 fully saturated rings. The second kappa shape index (κ2) is 6.62. The van der Waals surface area contributed by atoms with Crippen molar-refractivity contribution in [1.29, 1.82) is 0 Å². The summed E-state index contributed by atoms with van der Waals surface area (Å²) in [6.07, 6.45) is 5.16. The maximum atomic E-state index is 5.57. The quantitative estimate of drug-likeness (QED) is 0.820. The number of benzene rings is 2. The van der Waals surface area contributed by atoms with Gasteiger partial charge in [0, 0.05) is 36.8 Å². The highest BCUT2D eigenvalue weighted by Gasteiger charge is 2.48. The Hall–Kier alpha value is -2.00. The van der Waals surface area contributed by atoms with Crippen molar-refractivity contribution in [3.05, 3.63) is 59.7 Å². The van der Waals surface area contributed by atoms with Crippen molar-refractivity contribution in [2.45, 2.75) is 37.8 Å². The second-order valence-electron chi connectivity index (χ2n) is 8.00. The Morgan fingerprint density at radius 2 is 1.92 bits per heavy atom. The Kier molecular flexibility index (Phi) is 4.12. The molecular weight excluding hydrogens is 320 g/mol. The predicted molar refractivity (Wildman–Crippen MR) is 106 cm³/mol. The summed E-state index contributed by atoms with van der Waals surface area (Å²) in [4.78, 5) is 5.43. The number of methoxy groups -OCH3 is 1. The summed E-state index contributed by atoms with van der Waals surface area (Å²) in [6.45, 7) is 3.59. The maximum absolute atomic E-state index is 5.57. The average molecular weight is 348 g/mol. The second-order valence-corrected chi connectivity index (χ2v) is 8.00. The largest absolute Gasteiger partial charge is 0.497 e. The minimum atomic E-state index is 0.558. The van der Waals surface area contributed by atoms with Crippen molar-refractivity contribution in [2.24, 2.45) is 5.92 Å². The number of fused-ring (bicyclic) bond motifs is 6. The van der Waals surface area contributed by atoms with Crippen LogP contribution >= 0.6 is 0 Å². The van der Waals surface area contributed by atoms with E-state index in [1.54, 1.807) is 7.11 Å². The maximum Gasteiger partial charge on any atom is 0.119 e. The highest BCUT2D eigenvalue weighted by Crippen LogP contribution is 2.52. The monoisotopic (exact) mass is 348 g/mol. The molecule has 3 aliphatic heterocycles. The molecule has 3 aliphatic rings. The SMILES string of the molecule is COc1ccc2c(c1)[C@H]1[C@H](CCN1CCc1ccccc1)[C@H]1CCCN21. The van der Waals surface area contributed by atoms with Gasteiger partial charge in [-0.1, -0.05) is 30.3 Å². The third kappa shape index (κ3) is 2.61. The van der Waals surface area contributed by atoms with Crippen molar-refractivity contribution in [1.82, 2.24) is 4.90 Å². The van der Waals surface area contributed by atoms with E-state index < -0.39 is 0 Å². The lowest BCUT2D eigenvalue weighted by atomic mass is 9.81. The molecule has 136 valence electrons. The molecule has 0 bridgehead atoms. The van der Waals surface area contributed by atoms with Crippen LogP contribution in [0.15, 0.2) is 48.5 Å². The molecule has 0 N–H and O–H groups in total. The Morgan fingerprint density at radius 1 is 1.04 bits per heavy atom. The van der Waals surface area contributed by atoms with Crippen LogP contribution in [0.3, 0.4) is 0 Å². The lowest BCUT2D eigenvalue weighted by Crippen LogP contribution is -2.44. The first-order chi connectivity index (χ1) is 12.8. The molecule has 0 saturated carbocycles. The highest BCUT2D eigenvalue weighted by atomic mass is 16.5. The molecule has 3 heterocycles. The Morgan fingerprint density at radius 3 is 2.77 bits per heavy atom. The highest BCUT2D eigenvalue weighted by molar-refractivity contribution is 5.62. The lowest BCUT2D eigenvalue weighted by molar-refractivity contribution is 0.208. The fourth-order valence-electron chi connectivity index (χ4n) is 5.58. The van der Waals surface area contributed by atoms with E-state index in [0.29, 0.717) is 6.04 Å². The predicted octanol–water partition coefficient (Wildman–Crippen LogP) is 4.28. The summed E-state index contributed by atoms with van der Waals surface area (Å²) in [6, 6.07) is 19.0. The van der Waals surface area contributed by atoms with Crippen molar-refractivity contribution in [3.8, 4) is 5.75 Å². The van der Waals surface area contributed by atoms with E-state index in [9.17, 15) is 0 Å². The van der Waals surface area contributed by atoms with Crippen LogP contribution in [0.5, 0.6) is 5.75 Å². The smallest absolute Gasteiger partial charge is 0.119 e. The molecule has 26 heavy (non-hydrogen) atoms. The molecule has 0 amide bonds. The van der Waals surface area contributed by atoms with Crippen molar-refractivity contribution >= 4 is 5.69 Å². The molecule has 0 aliphatic carbocycles. The summed E-state index contributed by atoms with van der Waals surface area (Å²) in [5, 5.41) is 0. The van der Waals surface area contributed by atoms with E-state index in [1.165, 1.54) is 49.2 Å². The summed E-state index contributed by atoms with van der Waals surface area (Å²) < 4.78 is 5.57. The molecule has 0 aromatic heterocycles. The lowest BCUT2D eigenvalue weighted by Gasteiger charge is -2.44. The van der Waals surface area contributed by atoms with Crippen LogP contribution in [-0.2, 0) is 6.42 Å². The fraction of sp³-hybridized carbons (Fsp3) is 0.478. The van der Waals surface area contributed by atoms with Gasteiger partial charge in [0.2, 0.25) is 0 Å². The number of anilines is 1. The number of hydrogen-bond acceptors (Lipinski definition) is 3. The molecule has 3 nitrogen and oxygen atoms in total. The van der Waals surface area contributed by atoms with Gasteiger partial charge >= 0.3 is 0 Å². The Bertz CT molecular complexity index is 775. The van der Waals surface area contributed by atoms with Gasteiger partial charge in [0.1, 0.15) is 5.75 Å². The van der Waals surface area contributed by atoms with Gasteiger partial charge in [-0.3, -0.25) is 4.90 Å². The first-order valence-corrected chi connectivity index (χ1v) is 10.1. The number of rotatable bonds is 4. The van der Waals surface area contributed by atoms with Crippen LogP contribution in [0, 0.1) is 5.92 Å². The van der Waals surface area contributed by atoms with E-state index in [0.717, 1.165) is 30.7 Å². The molecule has 2 saturated heterocycles. The third-order valence-electron chi connectivity index (χ3n) is 6.74. The minimum absolute atomic E-state index is 0.558. The van der Waals surface area contributed by atoms with Crippen LogP contribution in [0.4, 0.5) is 5.69 Å². The average Bonchev–Trinajstić information content (AvgIpc) is 3.34. The van der Waals surface area contributed by atoms with E-state index in [-0.39, 0.29) is 0 Å². The molecule has 2 aromatic rings. The molecule has 3 atom stereocenters. The molecule has 0 radical (unpaired) electrons. The third-order valence-corrected chi connectivity index (χ3v) is 6.74. The van der Waals surface area contributed by atoms with Gasteiger partial charge in [0.25, 0.3) is 0 Å². The summed E-state index contributed by atoms with van der Waals surface area (Å²) in [5.41, 5.74) is 4.40. The van der Waals surface area contributed by atoms with Gasteiger partial charge in [-0.2, -0.15) is 0 Å². The van der Waals surface area contributed by atoms with Crippen LogP contribution < -0.4 is 9.64 Å². The standard InChI is InChI=1S/C23H28N2O/c1-26-18-9-10-22-20(16-18)23-19(21-8-5-13-25(21)22)12-15-24(23)14-11-17-6-3-2-4-7-17/h2-4,6-7,9-10,16,19,21,23H,5,8,11-15H2,1H3/t19-,21-,23-/m1/s1. The van der Waals surface area contributed by atoms with Gasteiger partial charge in [0.05, 0.1) is 7.11 Å². The fourth-order valence-corrected chi connectivity index (χ4v) is 5.58. The van der Waals surface area contributed by atoms with E-state index in [2.05, 4.69) is 58.3 Å². The topological polar surface area (TPSA) is 15.7 Å². The summed E-state index contributed by atoms with van der Waals surface area (Å²) in [5.74, 6) is 1.77. The molecular formula is C23H28N2O. The van der Waals surface area contributed by atoms with E-state index in [1.807, 2.05) is 0 Å². The van der Waals surface area contributed by atoms with Crippen LogP contribution in [0.2, 0.25) is 0 Å². The first kappa shape index (κ1) is 16.2. The van der Waals surface area contributed by atoms with Crippen molar-refractivity contribution in [2.75, 3.05) is 31.6 Å². The summed E-state index contributed by atoms with van der Waals surface area (Å²) in [7, 11) is 1.78. The van der Waals surface area contributed by atoms with Crippen molar-refractivity contribution < 1.29 is 4.74 Å². The van der Waals surface area contributed by atoms with Gasteiger partial charge in [-0.15, -0.1) is 0 Å². The molecule has 0 unspecified atom stereocenters. The first-order valence-electron chi connectivity index (χ1n) is 10.1. The van der Waals surface area contributed by atoms with Crippen molar-refractivity contribution in [3.63, 3.8) is 0 Å². The van der Waals surface area contributed by atoms with E-state index >= 15 is 0 Å². The molecule has 3 heteroatoms. The molecule has 2 aromatic carbocycles. The van der Waals surface area contributed by atoms with E-state index in [4.69, 9.17) is 4.74 Å². The minimum Gasteiger partial charge on any atom is -0.497 e. The Labute approximate surface area is 156 Å². The summed E-state index contributed by atoms with van der Waals surface area (Å²) >= 11 is 0. The normalized spacial score (nSPS) is 27.1. The molecule has 0 spiro atoms.